The third-order valence-corrected chi connectivity index (χ3v) is 3.62. The van der Waals surface area contributed by atoms with Crippen LogP contribution in [-0.2, 0) is 15.0 Å². The van der Waals surface area contributed by atoms with E-state index in [9.17, 15) is 17.1 Å². The van der Waals surface area contributed by atoms with Crippen molar-refractivity contribution in [2.24, 2.45) is 5.92 Å². The second-order valence-corrected chi connectivity index (χ2v) is 5.59. The number of carbonyl (C=O) groups excluding carboxylic acids is 1. The van der Waals surface area contributed by atoms with Gasteiger partial charge in [0.2, 0.25) is 5.91 Å². The van der Waals surface area contributed by atoms with Gasteiger partial charge in [-0.05, 0) is 13.3 Å². The molecule has 1 amide bonds. The van der Waals surface area contributed by atoms with Crippen LogP contribution in [0.4, 0.5) is 3.89 Å². The third-order valence-electron chi connectivity index (χ3n) is 2.75. The van der Waals surface area contributed by atoms with Crippen molar-refractivity contribution in [3.63, 3.8) is 0 Å². The lowest BCUT2D eigenvalue weighted by atomic mass is 10.1. The van der Waals surface area contributed by atoms with Crippen LogP contribution in [0, 0.1) is 5.92 Å². The summed E-state index contributed by atoms with van der Waals surface area (Å²) in [6.45, 7) is 2.00. The Hall–Kier alpha value is -0.690. The first-order chi connectivity index (χ1) is 7.33. The molecular weight excluding hydrogens is 237 g/mol. The molecule has 7 heteroatoms. The molecule has 94 valence electrons. The van der Waals surface area contributed by atoms with Gasteiger partial charge in [-0.15, -0.1) is 3.89 Å². The van der Waals surface area contributed by atoms with Gasteiger partial charge in [0, 0.05) is 31.5 Å². The molecule has 0 aliphatic carbocycles. The van der Waals surface area contributed by atoms with Gasteiger partial charge in [0.25, 0.3) is 0 Å². The van der Waals surface area contributed by atoms with Gasteiger partial charge < -0.3 is 10.0 Å². The van der Waals surface area contributed by atoms with E-state index in [0.29, 0.717) is 6.42 Å². The van der Waals surface area contributed by atoms with E-state index in [1.807, 2.05) is 0 Å². The second kappa shape index (κ2) is 5.09. The average Bonchev–Trinajstić information content (AvgIpc) is 2.44. The summed E-state index contributed by atoms with van der Waals surface area (Å²) in [4.78, 5) is 13.0. The molecule has 5 nitrogen and oxygen atoms in total. The Balaban J connectivity index is 2.57. The first-order valence-electron chi connectivity index (χ1n) is 5.16. The van der Waals surface area contributed by atoms with Crippen LogP contribution in [0.25, 0.3) is 0 Å². The van der Waals surface area contributed by atoms with Gasteiger partial charge in [-0.25, -0.2) is 0 Å². The van der Waals surface area contributed by atoms with Crippen molar-refractivity contribution in [3.05, 3.63) is 0 Å². The maximum atomic E-state index is 12.4. The predicted molar refractivity (Wildman–Crippen MR) is 55.9 cm³/mol. The largest absolute Gasteiger partial charge is 0.396 e. The minimum Gasteiger partial charge on any atom is -0.396 e. The quantitative estimate of drug-likeness (QED) is 0.695. The van der Waals surface area contributed by atoms with Crippen molar-refractivity contribution in [2.45, 2.75) is 25.8 Å². The monoisotopic (exact) mass is 253 g/mol. The number of nitrogens with zero attached hydrogens (tertiary/aromatic N) is 1. The molecule has 2 atom stereocenters. The summed E-state index contributed by atoms with van der Waals surface area (Å²) in [7, 11) is -4.52. The van der Waals surface area contributed by atoms with Gasteiger partial charge in [-0.3, -0.25) is 4.79 Å². The molecule has 0 spiro atoms. The summed E-state index contributed by atoms with van der Waals surface area (Å²) in [5, 5.41) is 8.74. The van der Waals surface area contributed by atoms with Gasteiger partial charge in [-0.1, -0.05) is 0 Å². The lowest BCUT2D eigenvalue weighted by molar-refractivity contribution is -0.129. The number of carbonyl (C=O) groups is 1. The fraction of sp³-hybridized carbons (Fsp3) is 0.889. The van der Waals surface area contributed by atoms with E-state index in [1.54, 1.807) is 6.92 Å². The van der Waals surface area contributed by atoms with Gasteiger partial charge in [0.1, 0.15) is 0 Å². The van der Waals surface area contributed by atoms with Crippen LogP contribution in [0.15, 0.2) is 0 Å². The standard InChI is InChI=1S/C9H16FNO4S/c1-7(2-3-12)11-5-8(4-9(11)13)6-16(10,14)15/h7-8,12H,2-6H2,1H3/t7-,8?/m1/s1. The number of rotatable bonds is 5. The number of halogens is 1. The van der Waals surface area contributed by atoms with Crippen LogP contribution < -0.4 is 0 Å². The Kier molecular flexibility index (Phi) is 4.26. The first-order valence-corrected chi connectivity index (χ1v) is 6.71. The zero-order valence-corrected chi connectivity index (χ0v) is 9.91. The number of hydrogen-bond acceptors (Lipinski definition) is 4. The molecule has 0 radical (unpaired) electrons. The molecule has 1 aliphatic heterocycles. The zero-order valence-electron chi connectivity index (χ0n) is 9.10. The average molecular weight is 253 g/mol. The highest BCUT2D eigenvalue weighted by molar-refractivity contribution is 7.86. The highest BCUT2D eigenvalue weighted by Crippen LogP contribution is 2.23. The molecule has 0 aromatic rings. The fourth-order valence-electron chi connectivity index (χ4n) is 1.97. The summed E-state index contributed by atoms with van der Waals surface area (Å²) in [6.07, 6.45) is 0.514. The highest BCUT2D eigenvalue weighted by atomic mass is 32.3. The molecule has 1 unspecified atom stereocenters. The maximum absolute atomic E-state index is 12.4. The summed E-state index contributed by atoms with van der Waals surface area (Å²) in [5.74, 6) is -1.24. The van der Waals surface area contributed by atoms with Crippen molar-refractivity contribution in [3.8, 4) is 0 Å². The first kappa shape index (κ1) is 13.4. The van der Waals surface area contributed by atoms with Crippen molar-refractivity contribution in [1.29, 1.82) is 0 Å². The summed E-state index contributed by atoms with van der Waals surface area (Å²) in [5.41, 5.74) is 0. The van der Waals surface area contributed by atoms with E-state index in [4.69, 9.17) is 5.11 Å². The molecule has 0 aromatic carbocycles. The molecule has 0 saturated carbocycles. The summed E-state index contributed by atoms with van der Waals surface area (Å²) >= 11 is 0. The van der Waals surface area contributed by atoms with Crippen molar-refractivity contribution >= 4 is 16.1 Å². The predicted octanol–water partition coefficient (Wildman–Crippen LogP) is -0.0949. The molecule has 1 aliphatic rings. The summed E-state index contributed by atoms with van der Waals surface area (Å²) in [6, 6.07) is -0.134. The molecular formula is C9H16FNO4S. The fourth-order valence-corrected chi connectivity index (χ4v) is 2.76. The number of aliphatic hydroxyl groups is 1. The van der Waals surface area contributed by atoms with Crippen LogP contribution in [0.2, 0.25) is 0 Å². The molecule has 1 heterocycles. The van der Waals surface area contributed by atoms with E-state index in [2.05, 4.69) is 0 Å². The van der Waals surface area contributed by atoms with E-state index in [-0.39, 0.29) is 31.5 Å². The zero-order chi connectivity index (χ0) is 12.3. The van der Waals surface area contributed by atoms with E-state index in [0.717, 1.165) is 0 Å². The number of likely N-dealkylation sites (tertiary alicyclic amines) is 1. The van der Waals surface area contributed by atoms with Crippen molar-refractivity contribution in [1.82, 2.24) is 4.90 Å². The van der Waals surface area contributed by atoms with Crippen LogP contribution in [0.5, 0.6) is 0 Å². The highest BCUT2D eigenvalue weighted by Gasteiger charge is 2.34. The second-order valence-electron chi connectivity index (χ2n) is 4.18. The Labute approximate surface area is 94.5 Å². The molecule has 1 N–H and O–H groups in total. The lowest BCUT2D eigenvalue weighted by Gasteiger charge is -2.23. The molecule has 0 aromatic heterocycles. The SMILES string of the molecule is C[C@H](CCO)N1CC(CS(=O)(=O)F)CC1=O. The van der Waals surface area contributed by atoms with Crippen LogP contribution in [0.1, 0.15) is 19.8 Å². The van der Waals surface area contributed by atoms with Crippen molar-refractivity contribution in [2.75, 3.05) is 18.9 Å². The summed E-state index contributed by atoms with van der Waals surface area (Å²) < 4.78 is 33.4. The topological polar surface area (TPSA) is 74.7 Å². The molecule has 0 bridgehead atoms. The van der Waals surface area contributed by atoms with Gasteiger partial charge >= 0.3 is 10.2 Å². The normalized spacial score (nSPS) is 23.8. The maximum Gasteiger partial charge on any atom is 0.302 e. The smallest absolute Gasteiger partial charge is 0.302 e. The lowest BCUT2D eigenvalue weighted by Crippen LogP contribution is -2.35. The minimum absolute atomic E-state index is 0.0307. The number of hydrogen-bond donors (Lipinski definition) is 1. The Morgan fingerprint density at radius 3 is 2.75 bits per heavy atom. The van der Waals surface area contributed by atoms with Crippen LogP contribution in [0.3, 0.4) is 0 Å². The third kappa shape index (κ3) is 3.71. The van der Waals surface area contributed by atoms with E-state index < -0.39 is 21.9 Å². The van der Waals surface area contributed by atoms with Gasteiger partial charge in [0.05, 0.1) is 5.75 Å². The van der Waals surface area contributed by atoms with Gasteiger partial charge in [0.15, 0.2) is 0 Å². The Morgan fingerprint density at radius 2 is 2.25 bits per heavy atom. The van der Waals surface area contributed by atoms with E-state index >= 15 is 0 Å². The van der Waals surface area contributed by atoms with Crippen LogP contribution in [-0.4, -0.2) is 49.3 Å². The molecule has 1 saturated heterocycles. The van der Waals surface area contributed by atoms with Crippen molar-refractivity contribution < 1.29 is 22.2 Å². The number of aliphatic hydroxyl groups excluding tert-OH is 1. The van der Waals surface area contributed by atoms with E-state index in [1.165, 1.54) is 4.90 Å². The molecule has 16 heavy (non-hydrogen) atoms. The van der Waals surface area contributed by atoms with Gasteiger partial charge in [-0.2, -0.15) is 8.42 Å². The Morgan fingerprint density at radius 1 is 1.62 bits per heavy atom. The minimum atomic E-state index is -4.52. The molecule has 1 fully saturated rings. The number of amides is 1. The molecule has 1 rings (SSSR count). The van der Waals surface area contributed by atoms with Crippen LogP contribution >= 0.6 is 0 Å². The Bertz CT molecular complexity index is 357.